The predicted octanol–water partition coefficient (Wildman–Crippen LogP) is 4.22. The minimum absolute atomic E-state index is 0.0385. The third-order valence-corrected chi connectivity index (χ3v) is 7.98. The molecule has 1 saturated heterocycles. The first-order valence-corrected chi connectivity index (χ1v) is 12.7. The van der Waals surface area contributed by atoms with Crippen molar-refractivity contribution in [3.63, 3.8) is 0 Å². The maximum Gasteiger partial charge on any atom is 0.492 e. The second kappa shape index (κ2) is 9.55. The Labute approximate surface area is 207 Å². The number of amides is 1. The van der Waals surface area contributed by atoms with Crippen molar-refractivity contribution in [1.29, 1.82) is 4.78 Å². The van der Waals surface area contributed by atoms with Gasteiger partial charge in [-0.2, -0.15) is 13.2 Å². The molecule has 6 nitrogen and oxygen atoms in total. The van der Waals surface area contributed by atoms with E-state index in [0.29, 0.717) is 12.5 Å². The summed E-state index contributed by atoms with van der Waals surface area (Å²) in [4.78, 5) is 13.8. The summed E-state index contributed by atoms with van der Waals surface area (Å²) in [7, 11) is -5.55. The Balaban J connectivity index is 1.73. The van der Waals surface area contributed by atoms with Gasteiger partial charge in [-0.15, -0.1) is 0 Å². The molecule has 2 aliphatic rings. The summed E-state index contributed by atoms with van der Waals surface area (Å²) in [5.74, 6) is -3.96. The van der Waals surface area contributed by atoms with E-state index >= 15 is 8.78 Å². The van der Waals surface area contributed by atoms with Crippen molar-refractivity contribution < 1.29 is 44.8 Å². The Morgan fingerprint density at radius 1 is 1.16 bits per heavy atom. The Morgan fingerprint density at radius 3 is 2.32 bits per heavy atom. The van der Waals surface area contributed by atoms with E-state index < -0.39 is 75.6 Å². The van der Waals surface area contributed by atoms with Gasteiger partial charge in [0.05, 0.1) is 18.6 Å². The number of hydrogen-bond acceptors (Lipinski definition) is 4. The molecule has 0 bridgehead atoms. The molecule has 1 saturated carbocycles. The van der Waals surface area contributed by atoms with Gasteiger partial charge in [0.15, 0.2) is 0 Å². The molecule has 0 spiro atoms. The standard InChI is InChI=1S/C23H22F7N3O3S/c24-14-7-13(8-15(25)10-14)16-4-1-3-12(19(16)27)9-18-20(32-37(31,36)23(28,29)30)17(26)11-33(18)21(34)22(35)5-2-6-22/h1,3-4,7-8,10,17-18,20,35H,2,5-6,9,11H2,(H2,31,32,36)/t17-,18-,20-,37?/m0/s1. The molecule has 4 atom stereocenters. The highest BCUT2D eigenvalue weighted by molar-refractivity contribution is 7.91. The Hall–Kier alpha value is -2.71. The lowest BCUT2D eigenvalue weighted by Gasteiger charge is -2.40. The molecule has 1 aliphatic carbocycles. The topological polar surface area (TPSA) is 93.5 Å². The maximum atomic E-state index is 15.5. The summed E-state index contributed by atoms with van der Waals surface area (Å²) in [6.45, 7) is -0.784. The van der Waals surface area contributed by atoms with Crippen molar-refractivity contribution in [2.24, 2.45) is 0 Å². The van der Waals surface area contributed by atoms with Gasteiger partial charge in [0, 0.05) is 11.6 Å². The number of halogens is 7. The minimum Gasteiger partial charge on any atom is -0.380 e. The first kappa shape index (κ1) is 27.3. The van der Waals surface area contributed by atoms with Gasteiger partial charge in [0.2, 0.25) is 9.92 Å². The third kappa shape index (κ3) is 5.18. The van der Waals surface area contributed by atoms with Crippen molar-refractivity contribution in [2.75, 3.05) is 6.54 Å². The van der Waals surface area contributed by atoms with Crippen LogP contribution >= 0.6 is 0 Å². The van der Waals surface area contributed by atoms with Crippen molar-refractivity contribution in [3.05, 3.63) is 59.4 Å². The second-order valence-electron chi connectivity index (χ2n) is 9.21. The zero-order valence-corrected chi connectivity index (χ0v) is 19.8. The lowest BCUT2D eigenvalue weighted by Crippen LogP contribution is -2.57. The average Bonchev–Trinajstić information content (AvgIpc) is 3.06. The van der Waals surface area contributed by atoms with Crippen molar-refractivity contribution in [1.82, 2.24) is 9.62 Å². The monoisotopic (exact) mass is 553 g/mol. The number of nitrogens with zero attached hydrogens (tertiary/aromatic N) is 1. The normalized spacial score (nSPS) is 25.0. The van der Waals surface area contributed by atoms with E-state index in [1.807, 2.05) is 0 Å². The highest BCUT2D eigenvalue weighted by Gasteiger charge is 2.54. The largest absolute Gasteiger partial charge is 0.492 e. The van der Waals surface area contributed by atoms with Crippen molar-refractivity contribution in [2.45, 2.75) is 55.0 Å². The van der Waals surface area contributed by atoms with Crippen LogP contribution in [0, 0.1) is 22.2 Å². The summed E-state index contributed by atoms with van der Waals surface area (Å²) in [5, 5.41) is 10.5. The van der Waals surface area contributed by atoms with Crippen LogP contribution in [0.4, 0.5) is 30.7 Å². The Bertz CT molecular complexity index is 1290. The fourth-order valence-electron chi connectivity index (χ4n) is 4.64. The van der Waals surface area contributed by atoms with E-state index in [-0.39, 0.29) is 29.5 Å². The van der Waals surface area contributed by atoms with E-state index in [2.05, 4.69) is 0 Å². The SMILES string of the molecule is N=S(=O)(N[C@H]1[C@@H](F)CN(C(=O)C2(O)CCC2)[C@H]1Cc1cccc(-c2cc(F)cc(F)c2)c1F)C(F)(F)F. The zero-order chi connectivity index (χ0) is 27.3. The quantitative estimate of drug-likeness (QED) is 0.468. The second-order valence-corrected chi connectivity index (χ2v) is 11.0. The molecular weight excluding hydrogens is 531 g/mol. The molecule has 2 fully saturated rings. The fourth-order valence-corrected chi connectivity index (χ4v) is 5.46. The first-order valence-electron chi connectivity index (χ1n) is 11.2. The van der Waals surface area contributed by atoms with Gasteiger partial charge < -0.3 is 10.0 Å². The molecule has 1 unspecified atom stereocenters. The van der Waals surface area contributed by atoms with Crippen LogP contribution in [0.25, 0.3) is 11.1 Å². The molecule has 202 valence electrons. The number of nitrogens with one attached hydrogen (secondary N) is 2. The van der Waals surface area contributed by atoms with Crippen molar-refractivity contribution in [3.8, 4) is 11.1 Å². The molecule has 2 aromatic carbocycles. The van der Waals surface area contributed by atoms with Crippen molar-refractivity contribution >= 4 is 15.8 Å². The zero-order valence-electron chi connectivity index (χ0n) is 19.0. The number of alkyl halides is 4. The van der Waals surface area contributed by atoms with Gasteiger partial charge in [-0.05, 0) is 48.9 Å². The number of aliphatic hydroxyl groups is 1. The molecule has 1 amide bonds. The maximum absolute atomic E-state index is 15.5. The number of carbonyl (C=O) groups is 1. The average molecular weight is 554 g/mol. The summed E-state index contributed by atoms with van der Waals surface area (Å²) in [6, 6.07) is 2.44. The molecule has 2 aromatic rings. The van der Waals surface area contributed by atoms with E-state index in [1.54, 1.807) is 0 Å². The van der Waals surface area contributed by atoms with Crippen LogP contribution < -0.4 is 4.72 Å². The summed E-state index contributed by atoms with van der Waals surface area (Å²) < 4.78 is 118. The predicted molar refractivity (Wildman–Crippen MR) is 118 cm³/mol. The molecule has 0 radical (unpaired) electrons. The highest BCUT2D eigenvalue weighted by atomic mass is 32.2. The van der Waals surface area contributed by atoms with Crippen LogP contribution in [0.1, 0.15) is 24.8 Å². The Morgan fingerprint density at radius 2 is 1.78 bits per heavy atom. The van der Waals surface area contributed by atoms with Crippen LogP contribution in [0.15, 0.2) is 36.4 Å². The lowest BCUT2D eigenvalue weighted by molar-refractivity contribution is -0.161. The molecule has 3 N–H and O–H groups in total. The van der Waals surface area contributed by atoms with E-state index in [1.165, 1.54) is 22.9 Å². The molecule has 37 heavy (non-hydrogen) atoms. The van der Waals surface area contributed by atoms with Gasteiger partial charge >= 0.3 is 5.51 Å². The van der Waals surface area contributed by atoms with E-state index in [4.69, 9.17) is 4.78 Å². The number of hydrogen-bond donors (Lipinski definition) is 3. The molecule has 1 aliphatic heterocycles. The summed E-state index contributed by atoms with van der Waals surface area (Å²) in [6.07, 6.45) is -2.27. The van der Waals surface area contributed by atoms with Gasteiger partial charge in [-0.3, -0.25) is 4.79 Å². The minimum atomic E-state index is -5.56. The third-order valence-electron chi connectivity index (χ3n) is 6.72. The van der Waals surface area contributed by atoms with Gasteiger partial charge in [0.1, 0.15) is 29.2 Å². The number of benzene rings is 2. The molecule has 4 rings (SSSR count). The molecule has 0 aromatic heterocycles. The van der Waals surface area contributed by atoms with Crippen LogP contribution in [0.5, 0.6) is 0 Å². The number of likely N-dealkylation sites (tertiary alicyclic amines) is 1. The molecule has 14 heteroatoms. The van der Waals surface area contributed by atoms with Gasteiger partial charge in [-0.25, -0.2) is 31.3 Å². The smallest absolute Gasteiger partial charge is 0.380 e. The Kier molecular flexibility index (Phi) is 7.05. The van der Waals surface area contributed by atoms with E-state index in [9.17, 15) is 36.1 Å². The number of rotatable bonds is 6. The van der Waals surface area contributed by atoms with Gasteiger partial charge in [-0.1, -0.05) is 18.2 Å². The van der Waals surface area contributed by atoms with E-state index in [0.717, 1.165) is 17.0 Å². The fraction of sp³-hybridized carbons (Fsp3) is 0.435. The lowest BCUT2D eigenvalue weighted by atomic mass is 9.79. The van der Waals surface area contributed by atoms with Crippen LogP contribution in [0.2, 0.25) is 0 Å². The van der Waals surface area contributed by atoms with Gasteiger partial charge in [0.25, 0.3) is 5.91 Å². The molecule has 1 heterocycles. The highest BCUT2D eigenvalue weighted by Crippen LogP contribution is 2.38. The number of carbonyl (C=O) groups excluding carboxylic acids is 1. The van der Waals surface area contributed by atoms with Crippen LogP contribution in [-0.2, 0) is 21.1 Å². The summed E-state index contributed by atoms with van der Waals surface area (Å²) in [5.41, 5.74) is -8.10. The van der Waals surface area contributed by atoms with Crippen LogP contribution in [-0.4, -0.2) is 56.0 Å². The molecular formula is C23H22F7N3O3S. The summed E-state index contributed by atoms with van der Waals surface area (Å²) >= 11 is 0. The first-order chi connectivity index (χ1) is 17.1. The van der Waals surface area contributed by atoms with Crippen LogP contribution in [0.3, 0.4) is 0 Å².